The predicted octanol–water partition coefficient (Wildman–Crippen LogP) is 3.11. The summed E-state index contributed by atoms with van der Waals surface area (Å²) in [5, 5.41) is 3.72. The Morgan fingerprint density at radius 1 is 1.18 bits per heavy atom. The maximum atomic E-state index is 5.13. The fourth-order valence-electron chi connectivity index (χ4n) is 1.99. The van der Waals surface area contributed by atoms with Gasteiger partial charge in [0.1, 0.15) is 5.76 Å². The molecular weight excluding hydrogens is 212 g/mol. The minimum Gasteiger partial charge on any atom is -0.372 e. The number of hydrogen-bond donors (Lipinski definition) is 0. The first-order valence-electron chi connectivity index (χ1n) is 6.07. The molecule has 90 valence electrons. The molecular formula is C14H18N2O. The van der Waals surface area contributed by atoms with Gasteiger partial charge in [0.15, 0.2) is 0 Å². The monoisotopic (exact) mass is 230 g/mol. The Kier molecular flexibility index (Phi) is 3.81. The Balaban J connectivity index is 2.16. The summed E-state index contributed by atoms with van der Waals surface area (Å²) in [6.07, 6.45) is 2.48. The van der Waals surface area contributed by atoms with Gasteiger partial charge in [-0.25, -0.2) is 0 Å². The summed E-state index contributed by atoms with van der Waals surface area (Å²) in [6, 6.07) is 10.5. The largest absolute Gasteiger partial charge is 0.372 e. The lowest BCUT2D eigenvalue weighted by Gasteiger charge is -2.21. The van der Waals surface area contributed by atoms with Gasteiger partial charge in [0.25, 0.3) is 0 Å². The van der Waals surface area contributed by atoms with Crippen LogP contribution in [0.4, 0.5) is 5.69 Å². The summed E-state index contributed by atoms with van der Waals surface area (Å²) < 4.78 is 5.13. The molecule has 0 fully saturated rings. The zero-order chi connectivity index (χ0) is 12.1. The van der Waals surface area contributed by atoms with Crippen molar-refractivity contribution in [2.24, 2.45) is 0 Å². The van der Waals surface area contributed by atoms with E-state index in [1.807, 2.05) is 6.07 Å². The van der Waals surface area contributed by atoms with Gasteiger partial charge in [-0.3, -0.25) is 0 Å². The van der Waals surface area contributed by atoms with Crippen LogP contribution in [0.15, 0.2) is 41.1 Å². The first-order valence-corrected chi connectivity index (χ1v) is 6.07. The van der Waals surface area contributed by atoms with E-state index in [4.69, 9.17) is 4.52 Å². The highest BCUT2D eigenvalue weighted by molar-refractivity contribution is 5.48. The second kappa shape index (κ2) is 5.53. The van der Waals surface area contributed by atoms with E-state index >= 15 is 0 Å². The molecule has 0 radical (unpaired) electrons. The maximum Gasteiger partial charge on any atom is 0.141 e. The molecule has 0 amide bonds. The van der Waals surface area contributed by atoms with Crippen LogP contribution in [0.5, 0.6) is 0 Å². The van der Waals surface area contributed by atoms with Gasteiger partial charge in [0.05, 0.1) is 6.20 Å². The van der Waals surface area contributed by atoms with Crippen LogP contribution in [0.25, 0.3) is 0 Å². The average Bonchev–Trinajstić information content (AvgIpc) is 2.84. The molecule has 0 aliphatic rings. The van der Waals surface area contributed by atoms with Gasteiger partial charge in [-0.2, -0.15) is 0 Å². The standard InChI is InChI=1S/C14H18N2O/c1-3-16(4-2)13-7-5-6-12(10-13)11-14-8-9-15-17-14/h5-10H,3-4,11H2,1-2H3. The summed E-state index contributed by atoms with van der Waals surface area (Å²) in [7, 11) is 0. The van der Waals surface area contributed by atoms with Gasteiger partial charge in [0, 0.05) is 31.3 Å². The van der Waals surface area contributed by atoms with E-state index in [1.165, 1.54) is 11.3 Å². The van der Waals surface area contributed by atoms with Crippen LogP contribution in [-0.2, 0) is 6.42 Å². The molecule has 0 aliphatic carbocycles. The molecule has 0 unspecified atom stereocenters. The lowest BCUT2D eigenvalue weighted by Crippen LogP contribution is -2.21. The molecule has 3 heteroatoms. The Bertz CT molecular complexity index is 447. The molecule has 0 atom stereocenters. The first-order chi connectivity index (χ1) is 8.33. The van der Waals surface area contributed by atoms with Crippen LogP contribution >= 0.6 is 0 Å². The van der Waals surface area contributed by atoms with Crippen molar-refractivity contribution in [1.82, 2.24) is 5.16 Å². The van der Waals surface area contributed by atoms with Crippen molar-refractivity contribution < 1.29 is 4.52 Å². The van der Waals surface area contributed by atoms with Gasteiger partial charge in [-0.05, 0) is 31.5 Å². The van der Waals surface area contributed by atoms with Crippen LogP contribution in [0.3, 0.4) is 0 Å². The quantitative estimate of drug-likeness (QED) is 0.790. The van der Waals surface area contributed by atoms with Crippen molar-refractivity contribution in [2.75, 3.05) is 18.0 Å². The summed E-state index contributed by atoms with van der Waals surface area (Å²) >= 11 is 0. The Labute approximate surface area is 102 Å². The fourth-order valence-corrected chi connectivity index (χ4v) is 1.99. The van der Waals surface area contributed by atoms with E-state index < -0.39 is 0 Å². The third kappa shape index (κ3) is 2.87. The molecule has 17 heavy (non-hydrogen) atoms. The van der Waals surface area contributed by atoms with Crippen molar-refractivity contribution in [3.63, 3.8) is 0 Å². The average molecular weight is 230 g/mol. The molecule has 1 aromatic heterocycles. The zero-order valence-corrected chi connectivity index (χ0v) is 10.4. The molecule has 2 rings (SSSR count). The SMILES string of the molecule is CCN(CC)c1cccc(Cc2ccno2)c1. The number of nitrogens with zero attached hydrogens (tertiary/aromatic N) is 2. The van der Waals surface area contributed by atoms with Crippen LogP contribution < -0.4 is 4.90 Å². The van der Waals surface area contributed by atoms with E-state index in [9.17, 15) is 0 Å². The molecule has 2 aromatic rings. The molecule has 1 heterocycles. The van der Waals surface area contributed by atoms with E-state index in [1.54, 1.807) is 6.20 Å². The second-order valence-corrected chi connectivity index (χ2v) is 4.00. The number of hydrogen-bond acceptors (Lipinski definition) is 3. The molecule has 0 N–H and O–H groups in total. The van der Waals surface area contributed by atoms with E-state index in [0.29, 0.717) is 0 Å². The van der Waals surface area contributed by atoms with E-state index in [0.717, 1.165) is 25.3 Å². The van der Waals surface area contributed by atoms with Gasteiger partial charge in [-0.1, -0.05) is 17.3 Å². The van der Waals surface area contributed by atoms with Crippen molar-refractivity contribution in [2.45, 2.75) is 20.3 Å². The first kappa shape index (κ1) is 11.7. The van der Waals surface area contributed by atoms with E-state index in [-0.39, 0.29) is 0 Å². The lowest BCUT2D eigenvalue weighted by molar-refractivity contribution is 0.389. The number of rotatable bonds is 5. The van der Waals surface area contributed by atoms with Crippen LogP contribution in [0.1, 0.15) is 25.2 Å². The highest BCUT2D eigenvalue weighted by Crippen LogP contribution is 2.18. The number of anilines is 1. The summed E-state index contributed by atoms with van der Waals surface area (Å²) in [4.78, 5) is 2.34. The number of aromatic nitrogens is 1. The van der Waals surface area contributed by atoms with Crippen molar-refractivity contribution >= 4 is 5.69 Å². The minimum absolute atomic E-state index is 0.801. The highest BCUT2D eigenvalue weighted by Gasteiger charge is 2.04. The van der Waals surface area contributed by atoms with Gasteiger partial charge >= 0.3 is 0 Å². The minimum atomic E-state index is 0.801. The maximum absolute atomic E-state index is 5.13. The summed E-state index contributed by atoms with van der Waals surface area (Å²) in [5.41, 5.74) is 2.53. The fraction of sp³-hybridized carbons (Fsp3) is 0.357. The van der Waals surface area contributed by atoms with Crippen LogP contribution in [-0.4, -0.2) is 18.2 Å². The molecule has 1 aromatic carbocycles. The Hall–Kier alpha value is -1.77. The Morgan fingerprint density at radius 3 is 2.65 bits per heavy atom. The van der Waals surface area contributed by atoms with Gasteiger partial charge in [0.2, 0.25) is 0 Å². The summed E-state index contributed by atoms with van der Waals surface area (Å²) in [6.45, 7) is 6.41. The smallest absolute Gasteiger partial charge is 0.141 e. The normalized spacial score (nSPS) is 10.5. The van der Waals surface area contributed by atoms with E-state index in [2.05, 4.69) is 48.2 Å². The van der Waals surface area contributed by atoms with Crippen LogP contribution in [0.2, 0.25) is 0 Å². The van der Waals surface area contributed by atoms with Crippen molar-refractivity contribution in [3.8, 4) is 0 Å². The Morgan fingerprint density at radius 2 is 2.00 bits per heavy atom. The molecule has 0 saturated carbocycles. The lowest BCUT2D eigenvalue weighted by atomic mass is 10.1. The third-order valence-electron chi connectivity index (χ3n) is 2.91. The summed E-state index contributed by atoms with van der Waals surface area (Å²) in [5.74, 6) is 0.904. The molecule has 0 bridgehead atoms. The van der Waals surface area contributed by atoms with Crippen LogP contribution in [0, 0.1) is 0 Å². The molecule has 0 saturated heterocycles. The van der Waals surface area contributed by atoms with Crippen molar-refractivity contribution in [1.29, 1.82) is 0 Å². The predicted molar refractivity (Wildman–Crippen MR) is 69.3 cm³/mol. The number of benzene rings is 1. The molecule has 0 aliphatic heterocycles. The van der Waals surface area contributed by atoms with Crippen molar-refractivity contribution in [3.05, 3.63) is 47.9 Å². The van der Waals surface area contributed by atoms with Gasteiger partial charge < -0.3 is 9.42 Å². The molecule has 3 nitrogen and oxygen atoms in total. The molecule has 0 spiro atoms. The second-order valence-electron chi connectivity index (χ2n) is 4.00. The zero-order valence-electron chi connectivity index (χ0n) is 10.4. The topological polar surface area (TPSA) is 29.3 Å². The highest BCUT2D eigenvalue weighted by atomic mass is 16.5. The van der Waals surface area contributed by atoms with Gasteiger partial charge in [-0.15, -0.1) is 0 Å². The third-order valence-corrected chi connectivity index (χ3v) is 2.91.